The van der Waals surface area contributed by atoms with Gasteiger partial charge in [-0.1, -0.05) is 31.2 Å². The molecule has 0 aliphatic carbocycles. The summed E-state index contributed by atoms with van der Waals surface area (Å²) in [5.41, 5.74) is 6.75. The predicted molar refractivity (Wildman–Crippen MR) is 112 cm³/mol. The van der Waals surface area contributed by atoms with Crippen LogP contribution in [-0.4, -0.2) is 20.9 Å². The third-order valence-electron chi connectivity index (χ3n) is 4.45. The van der Waals surface area contributed by atoms with Crippen LogP contribution in [0.5, 0.6) is 0 Å². The third kappa shape index (κ3) is 3.93. The average Bonchev–Trinajstić information content (AvgIpc) is 3.16. The van der Waals surface area contributed by atoms with Crippen molar-refractivity contribution in [3.05, 3.63) is 70.6 Å². The largest absolute Gasteiger partial charge is 0.366 e. The number of amides is 1. The lowest BCUT2D eigenvalue weighted by Gasteiger charge is -2.08. The van der Waals surface area contributed by atoms with Gasteiger partial charge >= 0.3 is 0 Å². The minimum absolute atomic E-state index is 0.287. The second kappa shape index (κ2) is 7.92. The van der Waals surface area contributed by atoms with E-state index in [2.05, 4.69) is 20.3 Å². The highest BCUT2D eigenvalue weighted by molar-refractivity contribution is 7.15. The van der Waals surface area contributed by atoms with E-state index in [0.29, 0.717) is 36.1 Å². The normalized spacial score (nSPS) is 11.0. The molecule has 0 fully saturated rings. The Morgan fingerprint density at radius 2 is 1.97 bits per heavy atom. The van der Waals surface area contributed by atoms with E-state index in [1.165, 1.54) is 23.5 Å². The van der Waals surface area contributed by atoms with Gasteiger partial charge in [0.2, 0.25) is 11.9 Å². The van der Waals surface area contributed by atoms with Crippen molar-refractivity contribution in [3.8, 4) is 10.7 Å². The Balaban J connectivity index is 1.71. The van der Waals surface area contributed by atoms with Crippen molar-refractivity contribution >= 4 is 34.0 Å². The number of aromatic nitrogens is 3. The van der Waals surface area contributed by atoms with E-state index in [0.717, 1.165) is 21.2 Å². The predicted octanol–water partition coefficient (Wildman–Crippen LogP) is 4.17. The van der Waals surface area contributed by atoms with E-state index < -0.39 is 5.91 Å². The molecule has 0 unspecified atom stereocenters. The standard InChI is InChI=1S/C21H18FN5OS/c1-2-17-25-20(18-14-7-4-8-15(19(23)28)16(14)11-29-18)27-21(26-17)24-10-12-5-3-6-13(22)9-12/h3-9,11H,2,10H2,1H3,(H2,23,28)(H,24,25,26,27). The van der Waals surface area contributed by atoms with Crippen molar-refractivity contribution in [3.63, 3.8) is 0 Å². The highest BCUT2D eigenvalue weighted by atomic mass is 32.1. The van der Waals surface area contributed by atoms with Crippen molar-refractivity contribution in [1.82, 2.24) is 15.0 Å². The number of rotatable bonds is 6. The van der Waals surface area contributed by atoms with Crippen molar-refractivity contribution in [2.45, 2.75) is 19.9 Å². The molecule has 0 bridgehead atoms. The second-order valence-electron chi connectivity index (χ2n) is 6.43. The summed E-state index contributed by atoms with van der Waals surface area (Å²) in [7, 11) is 0. The Morgan fingerprint density at radius 3 is 2.72 bits per heavy atom. The van der Waals surface area contributed by atoms with Crippen LogP contribution in [0.3, 0.4) is 0 Å². The van der Waals surface area contributed by atoms with E-state index in [4.69, 9.17) is 5.73 Å². The van der Waals surface area contributed by atoms with Gasteiger partial charge in [0.05, 0.1) is 4.88 Å². The summed E-state index contributed by atoms with van der Waals surface area (Å²) in [6.45, 7) is 2.36. The molecule has 0 radical (unpaired) electrons. The van der Waals surface area contributed by atoms with Crippen LogP contribution in [0.15, 0.2) is 47.8 Å². The van der Waals surface area contributed by atoms with Crippen LogP contribution < -0.4 is 11.1 Å². The summed E-state index contributed by atoms with van der Waals surface area (Å²) < 4.78 is 13.4. The summed E-state index contributed by atoms with van der Waals surface area (Å²) in [6, 6.07) is 11.8. The molecule has 0 aliphatic heterocycles. The third-order valence-corrected chi connectivity index (χ3v) is 5.44. The molecule has 0 spiro atoms. The quantitative estimate of drug-likeness (QED) is 0.500. The number of primary amides is 1. The lowest BCUT2D eigenvalue weighted by atomic mass is 10.1. The van der Waals surface area contributed by atoms with Gasteiger partial charge in [-0.25, -0.2) is 9.37 Å². The number of benzene rings is 2. The first kappa shape index (κ1) is 18.9. The lowest BCUT2D eigenvalue weighted by molar-refractivity contribution is 0.100. The Hall–Kier alpha value is -3.39. The molecular weight excluding hydrogens is 389 g/mol. The Labute approximate surface area is 170 Å². The van der Waals surface area contributed by atoms with Crippen molar-refractivity contribution in [2.75, 3.05) is 5.32 Å². The van der Waals surface area contributed by atoms with Crippen LogP contribution in [0, 0.1) is 5.82 Å². The number of halogens is 1. The maximum Gasteiger partial charge on any atom is 0.249 e. The van der Waals surface area contributed by atoms with E-state index >= 15 is 0 Å². The zero-order valence-electron chi connectivity index (χ0n) is 15.6. The number of fused-ring (bicyclic) bond motifs is 1. The Morgan fingerprint density at radius 1 is 1.14 bits per heavy atom. The first-order valence-electron chi connectivity index (χ1n) is 9.09. The van der Waals surface area contributed by atoms with Gasteiger partial charge in [0.25, 0.3) is 0 Å². The molecule has 0 aliphatic rings. The zero-order chi connectivity index (χ0) is 20.4. The summed E-state index contributed by atoms with van der Waals surface area (Å²) in [5.74, 6) is 0.834. The monoisotopic (exact) mass is 407 g/mol. The Kier molecular flexibility index (Phi) is 5.18. The number of anilines is 1. The highest BCUT2D eigenvalue weighted by Gasteiger charge is 2.16. The molecule has 6 nitrogen and oxygen atoms in total. The molecule has 0 atom stereocenters. The van der Waals surface area contributed by atoms with Crippen molar-refractivity contribution in [1.29, 1.82) is 0 Å². The first-order valence-corrected chi connectivity index (χ1v) is 9.96. The van der Waals surface area contributed by atoms with Crippen LogP contribution >= 0.6 is 11.3 Å². The molecule has 8 heteroatoms. The molecule has 146 valence electrons. The topological polar surface area (TPSA) is 93.8 Å². The van der Waals surface area contributed by atoms with E-state index in [-0.39, 0.29) is 5.82 Å². The maximum atomic E-state index is 13.4. The van der Waals surface area contributed by atoms with Gasteiger partial charge in [-0.05, 0) is 23.8 Å². The fourth-order valence-electron chi connectivity index (χ4n) is 3.05. The number of carbonyl (C=O) groups is 1. The van der Waals surface area contributed by atoms with Gasteiger partial charge in [-0.2, -0.15) is 9.97 Å². The minimum Gasteiger partial charge on any atom is -0.366 e. The molecule has 0 saturated heterocycles. The SMILES string of the molecule is CCc1nc(NCc2cccc(F)c2)nc(-c2scc3c(C(N)=O)cccc23)n1. The number of nitrogens with two attached hydrogens (primary N) is 1. The number of hydrogen-bond donors (Lipinski definition) is 2. The van der Waals surface area contributed by atoms with E-state index in [1.807, 2.05) is 24.4 Å². The zero-order valence-corrected chi connectivity index (χ0v) is 16.5. The number of carbonyl (C=O) groups excluding carboxylic acids is 1. The molecule has 2 heterocycles. The summed E-state index contributed by atoms with van der Waals surface area (Å²) >= 11 is 1.45. The van der Waals surface area contributed by atoms with Crippen LogP contribution in [0.1, 0.15) is 28.7 Å². The van der Waals surface area contributed by atoms with E-state index in [9.17, 15) is 9.18 Å². The lowest BCUT2D eigenvalue weighted by Crippen LogP contribution is -2.10. The second-order valence-corrected chi connectivity index (χ2v) is 7.31. The molecule has 4 aromatic rings. The molecule has 2 aromatic heterocycles. The number of nitrogens with zero attached hydrogens (tertiary/aromatic N) is 3. The summed E-state index contributed by atoms with van der Waals surface area (Å²) in [4.78, 5) is 26.1. The number of hydrogen-bond acceptors (Lipinski definition) is 6. The molecule has 2 aromatic carbocycles. The number of aryl methyl sites for hydroxylation is 1. The van der Waals surface area contributed by atoms with Crippen molar-refractivity contribution in [2.24, 2.45) is 5.73 Å². The summed E-state index contributed by atoms with van der Waals surface area (Å²) in [6.07, 6.45) is 0.639. The van der Waals surface area contributed by atoms with Gasteiger partial charge in [-0.3, -0.25) is 4.79 Å². The van der Waals surface area contributed by atoms with Gasteiger partial charge in [0.1, 0.15) is 11.6 Å². The summed E-state index contributed by atoms with van der Waals surface area (Å²) in [5, 5.41) is 6.69. The van der Waals surface area contributed by atoms with Gasteiger partial charge in [0, 0.05) is 34.7 Å². The molecule has 4 rings (SSSR count). The highest BCUT2D eigenvalue weighted by Crippen LogP contribution is 2.35. The maximum absolute atomic E-state index is 13.4. The van der Waals surface area contributed by atoms with Gasteiger partial charge in [0.15, 0.2) is 5.82 Å². The first-order chi connectivity index (χ1) is 14.0. The molecule has 1 amide bonds. The molecular formula is C21H18FN5OS. The Bertz CT molecular complexity index is 1210. The minimum atomic E-state index is -0.470. The molecule has 3 N–H and O–H groups in total. The van der Waals surface area contributed by atoms with Gasteiger partial charge < -0.3 is 11.1 Å². The molecule has 0 saturated carbocycles. The van der Waals surface area contributed by atoms with Crippen molar-refractivity contribution < 1.29 is 9.18 Å². The molecule has 29 heavy (non-hydrogen) atoms. The van der Waals surface area contributed by atoms with E-state index in [1.54, 1.807) is 18.2 Å². The number of nitrogens with one attached hydrogen (secondary N) is 1. The number of thiophene rings is 1. The van der Waals surface area contributed by atoms with Crippen LogP contribution in [0.4, 0.5) is 10.3 Å². The van der Waals surface area contributed by atoms with Crippen LogP contribution in [0.2, 0.25) is 0 Å². The smallest absolute Gasteiger partial charge is 0.249 e. The van der Waals surface area contributed by atoms with Crippen LogP contribution in [0.25, 0.3) is 21.5 Å². The fraction of sp³-hybridized carbons (Fsp3) is 0.143. The average molecular weight is 407 g/mol. The van der Waals surface area contributed by atoms with Gasteiger partial charge in [-0.15, -0.1) is 11.3 Å². The fourth-order valence-corrected chi connectivity index (χ4v) is 4.04. The van der Waals surface area contributed by atoms with Crippen LogP contribution in [-0.2, 0) is 13.0 Å².